The van der Waals surface area contributed by atoms with E-state index < -0.39 is 5.54 Å². The van der Waals surface area contributed by atoms with Gasteiger partial charge < -0.3 is 19.7 Å². The van der Waals surface area contributed by atoms with Crippen LogP contribution in [0.1, 0.15) is 12.0 Å². The minimum Gasteiger partial charge on any atom is -0.497 e. The van der Waals surface area contributed by atoms with Crippen molar-refractivity contribution < 1.29 is 19.1 Å². The van der Waals surface area contributed by atoms with E-state index in [1.807, 2.05) is 43.3 Å². The van der Waals surface area contributed by atoms with Gasteiger partial charge >= 0.3 is 0 Å². The van der Waals surface area contributed by atoms with Crippen LogP contribution < -0.4 is 24.6 Å². The number of nitrogens with one attached hydrogen (secondary N) is 1. The van der Waals surface area contributed by atoms with Crippen LogP contribution >= 0.6 is 0 Å². The fourth-order valence-electron chi connectivity index (χ4n) is 4.13. The number of ether oxygens (including phenoxy) is 2. The third kappa shape index (κ3) is 3.98. The summed E-state index contributed by atoms with van der Waals surface area (Å²) in [6.45, 7) is 0. The predicted molar refractivity (Wildman–Crippen MR) is 129 cm³/mol. The molecule has 1 heterocycles. The van der Waals surface area contributed by atoms with Gasteiger partial charge in [-0.25, -0.2) is 0 Å². The average Bonchev–Trinajstić information content (AvgIpc) is 2.82. The lowest BCUT2D eigenvalue weighted by molar-refractivity contribution is -0.137. The molecule has 33 heavy (non-hydrogen) atoms. The van der Waals surface area contributed by atoms with Crippen molar-refractivity contribution in [3.8, 4) is 11.5 Å². The number of anilines is 3. The van der Waals surface area contributed by atoms with Gasteiger partial charge in [-0.1, -0.05) is 24.3 Å². The maximum atomic E-state index is 13.8. The van der Waals surface area contributed by atoms with Gasteiger partial charge in [-0.3, -0.25) is 14.5 Å². The van der Waals surface area contributed by atoms with Crippen LogP contribution in [0.25, 0.3) is 0 Å². The highest BCUT2D eigenvalue weighted by Gasteiger charge is 2.58. The quantitative estimate of drug-likeness (QED) is 0.556. The number of methoxy groups -OCH3 is 2. The van der Waals surface area contributed by atoms with E-state index in [-0.39, 0.29) is 18.2 Å². The lowest BCUT2D eigenvalue weighted by atomic mass is 9.76. The number of hydrogen-bond acceptors (Lipinski definition) is 5. The minimum absolute atomic E-state index is 0.0569. The number of β-lactam (4-membered cyclic amide) rings is 1. The minimum atomic E-state index is -1.20. The molecule has 1 N–H and O–H groups in total. The van der Waals surface area contributed by atoms with E-state index in [2.05, 4.69) is 5.32 Å². The summed E-state index contributed by atoms with van der Waals surface area (Å²) in [5.41, 5.74) is 1.73. The van der Waals surface area contributed by atoms with Crippen molar-refractivity contribution in [3.63, 3.8) is 0 Å². The molecular weight excluding hydrogens is 418 g/mol. The van der Waals surface area contributed by atoms with Crippen LogP contribution in [0.2, 0.25) is 0 Å². The third-order valence-corrected chi connectivity index (χ3v) is 5.91. The Bertz CT molecular complexity index is 1180. The van der Waals surface area contributed by atoms with Crippen LogP contribution in [0.5, 0.6) is 11.5 Å². The Hall–Kier alpha value is -4.00. The summed E-state index contributed by atoms with van der Waals surface area (Å²) in [5.74, 6) is 0.806. The van der Waals surface area contributed by atoms with E-state index in [1.165, 1.54) is 0 Å². The fraction of sp³-hybridized carbons (Fsp3) is 0.231. The smallest absolute Gasteiger partial charge is 0.255 e. The first-order chi connectivity index (χ1) is 15.9. The molecule has 1 aliphatic rings. The van der Waals surface area contributed by atoms with Crippen molar-refractivity contribution >= 4 is 28.9 Å². The van der Waals surface area contributed by atoms with E-state index in [9.17, 15) is 9.59 Å². The van der Waals surface area contributed by atoms with Gasteiger partial charge in [0.05, 0.1) is 20.6 Å². The van der Waals surface area contributed by atoms with Gasteiger partial charge in [0.15, 0.2) is 5.54 Å². The van der Waals surface area contributed by atoms with E-state index in [0.29, 0.717) is 22.9 Å². The van der Waals surface area contributed by atoms with Crippen LogP contribution in [0.4, 0.5) is 17.1 Å². The van der Waals surface area contributed by atoms with Crippen LogP contribution in [0, 0.1) is 0 Å². The Morgan fingerprint density at radius 3 is 2.18 bits per heavy atom. The number of carbonyl (C=O) groups is 2. The molecule has 7 nitrogen and oxygen atoms in total. The topological polar surface area (TPSA) is 71.1 Å². The van der Waals surface area contributed by atoms with Gasteiger partial charge in [0, 0.05) is 43.3 Å². The fourth-order valence-corrected chi connectivity index (χ4v) is 4.13. The number of benzene rings is 3. The van der Waals surface area contributed by atoms with Gasteiger partial charge in [0.25, 0.3) is 5.91 Å². The maximum absolute atomic E-state index is 13.8. The van der Waals surface area contributed by atoms with Gasteiger partial charge in [-0.15, -0.1) is 0 Å². The summed E-state index contributed by atoms with van der Waals surface area (Å²) in [6, 6.07) is 22.0. The second-order valence-electron chi connectivity index (χ2n) is 8.10. The van der Waals surface area contributed by atoms with Crippen LogP contribution in [-0.2, 0) is 15.1 Å². The second-order valence-corrected chi connectivity index (χ2v) is 8.10. The van der Waals surface area contributed by atoms with Crippen molar-refractivity contribution in [2.24, 2.45) is 0 Å². The number of carbonyl (C=O) groups excluding carboxylic acids is 2. The van der Waals surface area contributed by atoms with Gasteiger partial charge in [0.2, 0.25) is 5.91 Å². The van der Waals surface area contributed by atoms with E-state index >= 15 is 0 Å². The zero-order chi connectivity index (χ0) is 23.6. The molecule has 1 fully saturated rings. The molecule has 1 saturated heterocycles. The summed E-state index contributed by atoms with van der Waals surface area (Å²) in [4.78, 5) is 30.3. The van der Waals surface area contributed by atoms with E-state index in [0.717, 1.165) is 11.3 Å². The molecule has 0 radical (unpaired) electrons. The Labute approximate surface area is 193 Å². The molecular formula is C26H27N3O4. The van der Waals surface area contributed by atoms with Crippen LogP contribution in [-0.4, -0.2) is 40.1 Å². The standard InChI is InChI=1S/C26H27N3O4/c1-28(2)20-13-11-18(12-14-20)26(25(31)27-19-7-5-9-22(15-19)32-3)17-24(30)29(26)21-8-6-10-23(16-21)33-4/h5-16H,17H2,1-4H3,(H,27,31). The van der Waals surface area contributed by atoms with Gasteiger partial charge in [-0.2, -0.15) is 0 Å². The maximum Gasteiger partial charge on any atom is 0.255 e. The predicted octanol–water partition coefficient (Wildman–Crippen LogP) is 4.04. The molecule has 4 rings (SSSR count). The highest BCUT2D eigenvalue weighted by molar-refractivity contribution is 6.17. The zero-order valence-corrected chi connectivity index (χ0v) is 19.2. The van der Waals surface area contributed by atoms with Crippen LogP contribution in [0.3, 0.4) is 0 Å². The first-order valence-corrected chi connectivity index (χ1v) is 10.6. The molecule has 0 saturated carbocycles. The Kier molecular flexibility index (Phi) is 5.96. The van der Waals surface area contributed by atoms with Crippen molar-refractivity contribution in [1.82, 2.24) is 0 Å². The summed E-state index contributed by atoms with van der Waals surface area (Å²) in [6.07, 6.45) is 0.0569. The van der Waals surface area contributed by atoms with Gasteiger partial charge in [-0.05, 0) is 42.0 Å². The molecule has 3 aromatic carbocycles. The molecule has 0 aromatic heterocycles. The lowest BCUT2D eigenvalue weighted by Crippen LogP contribution is -2.67. The summed E-state index contributed by atoms with van der Waals surface area (Å²) in [7, 11) is 7.05. The summed E-state index contributed by atoms with van der Waals surface area (Å²) in [5, 5.41) is 2.99. The summed E-state index contributed by atoms with van der Waals surface area (Å²) < 4.78 is 10.6. The molecule has 1 aliphatic heterocycles. The van der Waals surface area contributed by atoms with Crippen LogP contribution in [0.15, 0.2) is 72.8 Å². The van der Waals surface area contributed by atoms with Crippen molar-refractivity contribution in [1.29, 1.82) is 0 Å². The summed E-state index contributed by atoms with van der Waals surface area (Å²) >= 11 is 0. The molecule has 0 bridgehead atoms. The third-order valence-electron chi connectivity index (χ3n) is 5.91. The molecule has 7 heteroatoms. The highest BCUT2D eigenvalue weighted by Crippen LogP contribution is 2.46. The molecule has 0 spiro atoms. The van der Waals surface area contributed by atoms with E-state index in [4.69, 9.17) is 9.47 Å². The molecule has 1 atom stereocenters. The lowest BCUT2D eigenvalue weighted by Gasteiger charge is -2.50. The molecule has 1 unspecified atom stereocenters. The Morgan fingerprint density at radius 1 is 0.939 bits per heavy atom. The molecule has 170 valence electrons. The first kappa shape index (κ1) is 22.2. The second kappa shape index (κ2) is 8.86. The Morgan fingerprint density at radius 2 is 1.58 bits per heavy atom. The van der Waals surface area contributed by atoms with Crippen molar-refractivity contribution in [2.45, 2.75) is 12.0 Å². The normalized spacial score (nSPS) is 17.2. The Balaban J connectivity index is 1.79. The van der Waals surface area contributed by atoms with Gasteiger partial charge in [0.1, 0.15) is 11.5 Å². The average molecular weight is 446 g/mol. The molecule has 2 amide bonds. The zero-order valence-electron chi connectivity index (χ0n) is 19.2. The van der Waals surface area contributed by atoms with Crippen molar-refractivity contribution in [2.75, 3.05) is 43.4 Å². The number of amides is 2. The van der Waals surface area contributed by atoms with E-state index in [1.54, 1.807) is 67.7 Å². The molecule has 3 aromatic rings. The monoisotopic (exact) mass is 445 g/mol. The number of hydrogen-bond donors (Lipinski definition) is 1. The number of rotatable bonds is 7. The van der Waals surface area contributed by atoms with Crippen molar-refractivity contribution in [3.05, 3.63) is 78.4 Å². The first-order valence-electron chi connectivity index (χ1n) is 10.6. The highest BCUT2D eigenvalue weighted by atomic mass is 16.5. The largest absolute Gasteiger partial charge is 0.497 e. The SMILES string of the molecule is COc1cccc(NC(=O)C2(c3ccc(N(C)C)cc3)CC(=O)N2c2cccc(OC)c2)c1. The number of nitrogens with zero attached hydrogens (tertiary/aromatic N) is 2. The molecule has 0 aliphatic carbocycles.